The molecular weight excluding hydrogens is 220 g/mol. The first-order chi connectivity index (χ1) is 7.89. The second-order valence-electron chi connectivity index (χ2n) is 4.92. The predicted molar refractivity (Wildman–Crippen MR) is 65.9 cm³/mol. The summed E-state index contributed by atoms with van der Waals surface area (Å²) in [5, 5.41) is 1.10. The molecule has 0 atom stereocenters. The fourth-order valence-corrected chi connectivity index (χ4v) is 1.23. The molecule has 0 aromatic rings. The zero-order valence-electron chi connectivity index (χ0n) is 11.2. The van der Waals surface area contributed by atoms with Crippen LogP contribution in [0.3, 0.4) is 0 Å². The predicted octanol–water partition coefficient (Wildman–Crippen LogP) is 2.38. The number of hydrazine groups is 1. The standard InChI is InChI=1S/C12H23N2O3/c1-5-6-7-8-9-14(10-15)13-11(16)17-12(2,3)4/h5-9H2,1-4H3,(H,13,16). The molecule has 5 nitrogen and oxygen atoms in total. The molecule has 0 aromatic heterocycles. The molecule has 0 fully saturated rings. The highest BCUT2D eigenvalue weighted by Crippen LogP contribution is 2.06. The fraction of sp³-hybridized carbons (Fsp3) is 0.833. The second kappa shape index (κ2) is 7.92. The van der Waals surface area contributed by atoms with Crippen LogP contribution in [0.5, 0.6) is 0 Å². The molecule has 99 valence electrons. The van der Waals surface area contributed by atoms with Crippen molar-refractivity contribution in [1.82, 2.24) is 10.4 Å². The van der Waals surface area contributed by atoms with Crippen molar-refractivity contribution in [3.05, 3.63) is 0 Å². The average Bonchev–Trinajstić information content (AvgIpc) is 2.20. The fourth-order valence-electron chi connectivity index (χ4n) is 1.23. The van der Waals surface area contributed by atoms with Gasteiger partial charge >= 0.3 is 12.5 Å². The van der Waals surface area contributed by atoms with Gasteiger partial charge in [0.25, 0.3) is 0 Å². The Hall–Kier alpha value is -1.26. The van der Waals surface area contributed by atoms with Crippen molar-refractivity contribution in [2.45, 2.75) is 59.0 Å². The van der Waals surface area contributed by atoms with Crippen molar-refractivity contribution in [2.24, 2.45) is 0 Å². The molecule has 1 N–H and O–H groups in total. The Labute approximate surface area is 103 Å². The molecule has 1 radical (unpaired) electrons. The lowest BCUT2D eigenvalue weighted by Crippen LogP contribution is -2.44. The van der Waals surface area contributed by atoms with Gasteiger partial charge in [-0.15, -0.1) is 0 Å². The van der Waals surface area contributed by atoms with Crippen molar-refractivity contribution >= 4 is 12.5 Å². The van der Waals surface area contributed by atoms with E-state index in [1.165, 1.54) is 0 Å². The molecule has 0 aromatic carbocycles. The molecule has 0 unspecified atom stereocenters. The summed E-state index contributed by atoms with van der Waals surface area (Å²) in [7, 11) is 0. The minimum absolute atomic E-state index is 0.461. The highest BCUT2D eigenvalue weighted by molar-refractivity contribution is 5.69. The molecule has 0 heterocycles. The summed E-state index contributed by atoms with van der Waals surface area (Å²) >= 11 is 0. The number of hydrogen-bond acceptors (Lipinski definition) is 3. The van der Waals surface area contributed by atoms with E-state index in [2.05, 4.69) is 12.3 Å². The Morgan fingerprint density at radius 2 is 1.94 bits per heavy atom. The summed E-state index contributed by atoms with van der Waals surface area (Å²) in [6.07, 6.45) is 5.17. The molecule has 5 heteroatoms. The van der Waals surface area contributed by atoms with E-state index in [0.29, 0.717) is 6.54 Å². The van der Waals surface area contributed by atoms with Crippen molar-refractivity contribution in [3.63, 3.8) is 0 Å². The van der Waals surface area contributed by atoms with Crippen molar-refractivity contribution in [1.29, 1.82) is 0 Å². The lowest BCUT2D eigenvalue weighted by Gasteiger charge is -2.23. The second-order valence-corrected chi connectivity index (χ2v) is 4.92. The van der Waals surface area contributed by atoms with E-state index in [1.807, 2.05) is 0 Å². The minimum atomic E-state index is -0.628. The number of carbonyl (C=O) groups is 1. The first-order valence-electron chi connectivity index (χ1n) is 6.04. The van der Waals surface area contributed by atoms with Gasteiger partial charge in [0.2, 0.25) is 0 Å². The van der Waals surface area contributed by atoms with Crippen LogP contribution in [0.25, 0.3) is 0 Å². The molecule has 0 aliphatic carbocycles. The number of unbranched alkanes of at least 4 members (excludes halogenated alkanes) is 3. The summed E-state index contributed by atoms with van der Waals surface area (Å²) in [5.41, 5.74) is 1.78. The number of nitrogens with one attached hydrogen (secondary N) is 1. The summed E-state index contributed by atoms with van der Waals surface area (Å²) in [6.45, 7) is 7.87. The van der Waals surface area contributed by atoms with Crippen LogP contribution in [0, 0.1) is 0 Å². The topological polar surface area (TPSA) is 58.6 Å². The van der Waals surface area contributed by atoms with Gasteiger partial charge in [-0.25, -0.2) is 15.2 Å². The van der Waals surface area contributed by atoms with Gasteiger partial charge in [-0.1, -0.05) is 26.2 Å². The number of nitrogens with zero attached hydrogens (tertiary/aromatic N) is 1. The van der Waals surface area contributed by atoms with Crippen LogP contribution in [-0.2, 0) is 9.53 Å². The van der Waals surface area contributed by atoms with Gasteiger partial charge in [-0.05, 0) is 27.2 Å². The van der Waals surface area contributed by atoms with Crippen LogP contribution < -0.4 is 5.43 Å². The van der Waals surface area contributed by atoms with Gasteiger partial charge < -0.3 is 4.74 Å². The first-order valence-corrected chi connectivity index (χ1v) is 6.04. The van der Waals surface area contributed by atoms with Crippen LogP contribution in [0.4, 0.5) is 4.79 Å². The first kappa shape index (κ1) is 15.7. The van der Waals surface area contributed by atoms with Crippen molar-refractivity contribution < 1.29 is 14.3 Å². The van der Waals surface area contributed by atoms with Crippen molar-refractivity contribution in [3.8, 4) is 0 Å². The molecule has 0 spiro atoms. The summed E-state index contributed by atoms with van der Waals surface area (Å²) < 4.78 is 5.03. The largest absolute Gasteiger partial charge is 0.443 e. The van der Waals surface area contributed by atoms with Gasteiger partial charge in [0.15, 0.2) is 0 Å². The number of rotatable bonds is 7. The van der Waals surface area contributed by atoms with E-state index in [-0.39, 0.29) is 0 Å². The van der Waals surface area contributed by atoms with E-state index in [0.717, 1.165) is 30.7 Å². The highest BCUT2D eigenvalue weighted by atomic mass is 16.6. The van der Waals surface area contributed by atoms with Gasteiger partial charge in [0.05, 0.1) is 0 Å². The van der Waals surface area contributed by atoms with Gasteiger partial charge in [0, 0.05) is 6.54 Å². The highest BCUT2D eigenvalue weighted by Gasteiger charge is 2.17. The number of hydrogen-bond donors (Lipinski definition) is 1. The number of carbonyl (C=O) groups excluding carboxylic acids is 2. The summed E-state index contributed by atoms with van der Waals surface area (Å²) in [4.78, 5) is 22.0. The molecule has 0 rings (SSSR count). The lowest BCUT2D eigenvalue weighted by atomic mass is 10.2. The molecule has 0 bridgehead atoms. The quantitative estimate of drug-likeness (QED) is 0.424. The smallest absolute Gasteiger partial charge is 0.426 e. The molecule has 0 saturated carbocycles. The molecule has 0 aliphatic rings. The maximum absolute atomic E-state index is 11.4. The van der Waals surface area contributed by atoms with E-state index in [1.54, 1.807) is 27.2 Å². The van der Waals surface area contributed by atoms with E-state index < -0.39 is 11.7 Å². The average molecular weight is 243 g/mol. The van der Waals surface area contributed by atoms with E-state index in [9.17, 15) is 9.59 Å². The summed E-state index contributed by atoms with van der Waals surface area (Å²) in [6, 6.07) is 0. The zero-order valence-corrected chi connectivity index (χ0v) is 11.2. The molecule has 2 amide bonds. The third kappa shape index (κ3) is 9.66. The molecule has 0 aliphatic heterocycles. The van der Waals surface area contributed by atoms with Crippen LogP contribution in [0.2, 0.25) is 0 Å². The Morgan fingerprint density at radius 1 is 1.29 bits per heavy atom. The Morgan fingerprint density at radius 3 is 2.41 bits per heavy atom. The Kier molecular flexibility index (Phi) is 7.34. The van der Waals surface area contributed by atoms with E-state index in [4.69, 9.17) is 4.74 Å². The normalized spacial score (nSPS) is 10.8. The number of amides is 2. The third-order valence-electron chi connectivity index (χ3n) is 1.97. The van der Waals surface area contributed by atoms with Crippen LogP contribution >= 0.6 is 0 Å². The number of ether oxygens (including phenoxy) is 1. The molecular formula is C12H23N2O3. The van der Waals surface area contributed by atoms with Gasteiger partial charge in [-0.2, -0.15) is 0 Å². The SMILES string of the molecule is CCCCCCN([C]=O)NC(=O)OC(C)(C)C. The Balaban J connectivity index is 3.88. The Bertz CT molecular complexity index is 236. The monoisotopic (exact) mass is 243 g/mol. The van der Waals surface area contributed by atoms with Gasteiger partial charge in [-0.3, -0.25) is 4.79 Å². The molecule has 17 heavy (non-hydrogen) atoms. The van der Waals surface area contributed by atoms with Crippen molar-refractivity contribution in [2.75, 3.05) is 6.54 Å². The van der Waals surface area contributed by atoms with Crippen LogP contribution in [0.15, 0.2) is 0 Å². The maximum Gasteiger partial charge on any atom is 0.426 e. The lowest BCUT2D eigenvalue weighted by molar-refractivity contribution is 0.0411. The minimum Gasteiger partial charge on any atom is -0.443 e. The zero-order chi connectivity index (χ0) is 13.3. The van der Waals surface area contributed by atoms with Crippen LogP contribution in [-0.4, -0.2) is 29.7 Å². The van der Waals surface area contributed by atoms with Crippen LogP contribution in [0.1, 0.15) is 53.4 Å². The maximum atomic E-state index is 11.4. The third-order valence-corrected chi connectivity index (χ3v) is 1.97. The van der Waals surface area contributed by atoms with E-state index >= 15 is 0 Å². The van der Waals surface area contributed by atoms with Gasteiger partial charge in [0.1, 0.15) is 5.60 Å². The summed E-state index contributed by atoms with van der Waals surface area (Å²) in [5.74, 6) is 0. The molecule has 0 saturated heterocycles.